The molecule has 1 N–H and O–H groups in total. The second-order valence-electron chi connectivity index (χ2n) is 6.43. The summed E-state index contributed by atoms with van der Waals surface area (Å²) in [5, 5.41) is 1.19. The molecule has 0 aliphatic heterocycles. The van der Waals surface area contributed by atoms with Gasteiger partial charge in [-0.15, -0.1) is 0 Å². The van der Waals surface area contributed by atoms with Crippen LogP contribution in [0.1, 0.15) is 30.1 Å². The van der Waals surface area contributed by atoms with Gasteiger partial charge in [0.1, 0.15) is 5.82 Å². The van der Waals surface area contributed by atoms with Crippen LogP contribution in [0.2, 0.25) is 0 Å². The molecule has 0 amide bonds. The third-order valence-corrected chi connectivity index (χ3v) is 4.76. The zero-order chi connectivity index (χ0) is 15.4. The van der Waals surface area contributed by atoms with E-state index in [9.17, 15) is 0 Å². The summed E-state index contributed by atoms with van der Waals surface area (Å²) in [6, 6.07) is 14.8. The third-order valence-electron chi connectivity index (χ3n) is 4.76. The summed E-state index contributed by atoms with van der Waals surface area (Å²) in [4.78, 5) is 12.9. The lowest BCUT2D eigenvalue weighted by molar-refractivity contribution is 0.986. The van der Waals surface area contributed by atoms with Gasteiger partial charge in [0, 0.05) is 23.1 Å². The number of aromatic amines is 1. The van der Waals surface area contributed by atoms with E-state index < -0.39 is 0 Å². The number of rotatable bonds is 2. The first-order valence-corrected chi connectivity index (χ1v) is 8.14. The Morgan fingerprint density at radius 1 is 1.04 bits per heavy atom. The van der Waals surface area contributed by atoms with Crippen LogP contribution in [0.3, 0.4) is 0 Å². The number of fused-ring (bicyclic) bond motifs is 2. The summed E-state index contributed by atoms with van der Waals surface area (Å²) in [6.45, 7) is 2.16. The number of benzene rings is 2. The minimum Gasteiger partial charge on any atom is -0.342 e. The molecule has 4 aromatic rings. The molecule has 1 aliphatic carbocycles. The normalized spacial score (nSPS) is 14.7. The van der Waals surface area contributed by atoms with E-state index in [0.717, 1.165) is 22.4 Å². The van der Waals surface area contributed by atoms with Crippen molar-refractivity contribution in [3.8, 4) is 11.1 Å². The number of hydrogen-bond donors (Lipinski definition) is 1. The van der Waals surface area contributed by atoms with E-state index >= 15 is 0 Å². The second kappa shape index (κ2) is 4.66. The van der Waals surface area contributed by atoms with Crippen molar-refractivity contribution >= 4 is 21.9 Å². The monoisotopic (exact) mass is 299 g/mol. The molecule has 0 unspecified atom stereocenters. The van der Waals surface area contributed by atoms with Gasteiger partial charge < -0.3 is 4.98 Å². The van der Waals surface area contributed by atoms with Gasteiger partial charge in [0.2, 0.25) is 0 Å². The smallest absolute Gasteiger partial charge is 0.110 e. The van der Waals surface area contributed by atoms with Crippen LogP contribution in [0.5, 0.6) is 0 Å². The van der Waals surface area contributed by atoms with Crippen molar-refractivity contribution in [3.05, 3.63) is 60.0 Å². The van der Waals surface area contributed by atoms with Gasteiger partial charge in [-0.2, -0.15) is 0 Å². The number of pyridine rings is 1. The highest BCUT2D eigenvalue weighted by Gasteiger charge is 2.27. The van der Waals surface area contributed by atoms with Crippen molar-refractivity contribution in [3.63, 3.8) is 0 Å². The summed E-state index contributed by atoms with van der Waals surface area (Å²) in [6.07, 6.45) is 4.36. The predicted octanol–water partition coefficient (Wildman–Crippen LogP) is 4.96. The van der Waals surface area contributed by atoms with Crippen molar-refractivity contribution in [2.45, 2.75) is 25.7 Å². The van der Waals surface area contributed by atoms with Gasteiger partial charge in [-0.1, -0.05) is 24.3 Å². The van der Waals surface area contributed by atoms with Crippen LogP contribution in [0.15, 0.2) is 48.7 Å². The summed E-state index contributed by atoms with van der Waals surface area (Å²) >= 11 is 0. The lowest BCUT2D eigenvalue weighted by atomic mass is 9.95. The van der Waals surface area contributed by atoms with Crippen molar-refractivity contribution in [1.29, 1.82) is 0 Å². The third kappa shape index (κ3) is 1.96. The van der Waals surface area contributed by atoms with Gasteiger partial charge in [-0.25, -0.2) is 4.98 Å². The Hall–Kier alpha value is -2.68. The zero-order valence-electron chi connectivity index (χ0n) is 13.0. The minimum atomic E-state index is 0.630. The molecular weight excluding hydrogens is 282 g/mol. The number of aromatic nitrogens is 3. The zero-order valence-corrected chi connectivity index (χ0v) is 13.0. The molecule has 3 nitrogen and oxygen atoms in total. The standard InChI is InChI=1S/C20H17N3/c1-12-7-10-16-14(5-3-11-21-16)18(12)15-4-2-6-17-19(15)23-20(22-17)13-8-9-13/h2-7,10-11,13H,8-9H2,1H3,(H,22,23). The Balaban J connectivity index is 1.85. The fraction of sp³-hybridized carbons (Fsp3) is 0.200. The van der Waals surface area contributed by atoms with E-state index in [1.165, 1.54) is 34.9 Å². The van der Waals surface area contributed by atoms with Crippen molar-refractivity contribution in [1.82, 2.24) is 15.0 Å². The number of para-hydroxylation sites is 1. The molecule has 2 aromatic heterocycles. The van der Waals surface area contributed by atoms with E-state index in [0.29, 0.717) is 5.92 Å². The van der Waals surface area contributed by atoms with E-state index in [4.69, 9.17) is 4.98 Å². The maximum atomic E-state index is 4.92. The highest BCUT2D eigenvalue weighted by atomic mass is 14.9. The fourth-order valence-electron chi connectivity index (χ4n) is 3.42. The van der Waals surface area contributed by atoms with Crippen molar-refractivity contribution in [2.24, 2.45) is 0 Å². The average Bonchev–Trinajstić information content (AvgIpc) is 3.33. The molecule has 3 heteroatoms. The molecule has 0 spiro atoms. The van der Waals surface area contributed by atoms with Crippen LogP contribution >= 0.6 is 0 Å². The Labute approximate surface area is 134 Å². The maximum absolute atomic E-state index is 4.92. The average molecular weight is 299 g/mol. The Morgan fingerprint density at radius 2 is 1.96 bits per heavy atom. The minimum absolute atomic E-state index is 0.630. The van der Waals surface area contributed by atoms with Gasteiger partial charge >= 0.3 is 0 Å². The molecule has 0 bridgehead atoms. The second-order valence-corrected chi connectivity index (χ2v) is 6.43. The lowest BCUT2D eigenvalue weighted by Gasteiger charge is -2.10. The quantitative estimate of drug-likeness (QED) is 0.568. The first-order chi connectivity index (χ1) is 11.3. The summed E-state index contributed by atoms with van der Waals surface area (Å²) in [7, 11) is 0. The highest BCUT2D eigenvalue weighted by Crippen LogP contribution is 2.41. The predicted molar refractivity (Wildman–Crippen MR) is 93.5 cm³/mol. The van der Waals surface area contributed by atoms with Gasteiger partial charge in [-0.3, -0.25) is 4.98 Å². The van der Waals surface area contributed by atoms with E-state index in [2.05, 4.69) is 53.3 Å². The molecule has 23 heavy (non-hydrogen) atoms. The van der Waals surface area contributed by atoms with Crippen molar-refractivity contribution < 1.29 is 0 Å². The van der Waals surface area contributed by atoms with Crippen LogP contribution in [0, 0.1) is 6.92 Å². The first-order valence-electron chi connectivity index (χ1n) is 8.14. The number of nitrogens with one attached hydrogen (secondary N) is 1. The number of nitrogens with zero attached hydrogens (tertiary/aromatic N) is 2. The van der Waals surface area contributed by atoms with Crippen LogP contribution < -0.4 is 0 Å². The van der Waals surface area contributed by atoms with Crippen LogP contribution in [0.25, 0.3) is 33.1 Å². The molecule has 2 heterocycles. The number of H-pyrrole nitrogens is 1. The van der Waals surface area contributed by atoms with E-state index in [-0.39, 0.29) is 0 Å². The molecule has 0 saturated heterocycles. The molecule has 5 rings (SSSR count). The van der Waals surface area contributed by atoms with Gasteiger partial charge in [0.05, 0.1) is 16.6 Å². The fourth-order valence-corrected chi connectivity index (χ4v) is 3.42. The van der Waals surface area contributed by atoms with Gasteiger partial charge in [-0.05, 0) is 49.1 Å². The molecular formula is C20H17N3. The molecule has 0 atom stereocenters. The molecule has 1 saturated carbocycles. The van der Waals surface area contributed by atoms with Crippen molar-refractivity contribution in [2.75, 3.05) is 0 Å². The lowest BCUT2D eigenvalue weighted by Crippen LogP contribution is -1.89. The maximum Gasteiger partial charge on any atom is 0.110 e. The summed E-state index contributed by atoms with van der Waals surface area (Å²) in [5.41, 5.74) is 6.94. The molecule has 1 aliphatic rings. The topological polar surface area (TPSA) is 41.6 Å². The molecule has 112 valence electrons. The summed E-state index contributed by atoms with van der Waals surface area (Å²) < 4.78 is 0. The van der Waals surface area contributed by atoms with E-state index in [1.54, 1.807) is 0 Å². The highest BCUT2D eigenvalue weighted by molar-refractivity contribution is 6.03. The van der Waals surface area contributed by atoms with Gasteiger partial charge in [0.15, 0.2) is 0 Å². The summed E-state index contributed by atoms with van der Waals surface area (Å²) in [5.74, 6) is 1.77. The van der Waals surface area contributed by atoms with Crippen LogP contribution in [-0.2, 0) is 0 Å². The van der Waals surface area contributed by atoms with Crippen LogP contribution in [0.4, 0.5) is 0 Å². The Morgan fingerprint density at radius 3 is 2.83 bits per heavy atom. The number of aryl methyl sites for hydroxylation is 1. The van der Waals surface area contributed by atoms with Crippen LogP contribution in [-0.4, -0.2) is 15.0 Å². The van der Waals surface area contributed by atoms with E-state index in [1.807, 2.05) is 12.3 Å². The SMILES string of the molecule is Cc1ccc2ncccc2c1-c1cccc2[nH]c(C3CC3)nc12. The van der Waals surface area contributed by atoms with Gasteiger partial charge in [0.25, 0.3) is 0 Å². The molecule has 0 radical (unpaired) electrons. The Bertz CT molecular complexity index is 1040. The number of imidazole rings is 1. The first kappa shape index (κ1) is 12.8. The molecule has 2 aromatic carbocycles. The largest absolute Gasteiger partial charge is 0.342 e. The molecule has 1 fully saturated rings. The number of hydrogen-bond acceptors (Lipinski definition) is 2. The Kier molecular flexibility index (Phi) is 2.60.